The lowest BCUT2D eigenvalue weighted by atomic mass is 10.00. The van der Waals surface area contributed by atoms with E-state index < -0.39 is 10.0 Å². The number of hydrogen-bond donors (Lipinski definition) is 2. The van der Waals surface area contributed by atoms with Crippen LogP contribution in [0.15, 0.2) is 29.2 Å². The minimum Gasteiger partial charge on any atom is -0.352 e. The summed E-state index contributed by atoms with van der Waals surface area (Å²) in [5.41, 5.74) is 0.362. The number of benzene rings is 1. The van der Waals surface area contributed by atoms with Gasteiger partial charge in [0.1, 0.15) is 0 Å². The molecule has 25 heavy (non-hydrogen) atoms. The van der Waals surface area contributed by atoms with E-state index in [4.69, 9.17) is 0 Å². The third kappa shape index (κ3) is 5.52. The summed E-state index contributed by atoms with van der Waals surface area (Å²) in [7, 11) is -2.19. The Morgan fingerprint density at radius 2 is 2.12 bits per heavy atom. The van der Waals surface area contributed by atoms with Crippen LogP contribution in [0.25, 0.3) is 0 Å². The zero-order valence-corrected chi connectivity index (χ0v) is 15.9. The largest absolute Gasteiger partial charge is 0.352 e. The van der Waals surface area contributed by atoms with Gasteiger partial charge in [0.25, 0.3) is 5.91 Å². The molecule has 1 fully saturated rings. The Kier molecular flexibility index (Phi) is 7.40. The van der Waals surface area contributed by atoms with Gasteiger partial charge in [-0.15, -0.1) is 0 Å². The van der Waals surface area contributed by atoms with E-state index in [9.17, 15) is 13.2 Å². The lowest BCUT2D eigenvalue weighted by molar-refractivity contribution is 0.0947. The third-order valence-corrected chi connectivity index (χ3v) is 6.22. The lowest BCUT2D eigenvalue weighted by Crippen LogP contribution is -2.40. The highest BCUT2D eigenvalue weighted by molar-refractivity contribution is 7.89. The molecular weight excluding hydrogens is 338 g/mol. The first-order chi connectivity index (χ1) is 12.0. The van der Waals surface area contributed by atoms with Crippen molar-refractivity contribution in [1.29, 1.82) is 0 Å². The summed E-state index contributed by atoms with van der Waals surface area (Å²) < 4.78 is 25.9. The number of likely N-dealkylation sites (tertiary alicyclic amines) is 1. The van der Waals surface area contributed by atoms with Gasteiger partial charge < -0.3 is 10.2 Å². The van der Waals surface area contributed by atoms with Crippen molar-refractivity contribution in [2.75, 3.05) is 26.7 Å². The molecule has 6 nitrogen and oxygen atoms in total. The predicted octanol–water partition coefficient (Wildman–Crippen LogP) is 1.98. The number of piperidine rings is 1. The van der Waals surface area contributed by atoms with Crippen molar-refractivity contribution >= 4 is 15.9 Å². The van der Waals surface area contributed by atoms with Gasteiger partial charge in [0.15, 0.2) is 0 Å². The molecule has 1 amide bonds. The molecule has 0 aliphatic carbocycles. The standard InChI is InChI=1S/C18H29N3O3S/c1-3-16-9-4-5-12-21(16)13-7-11-20-18(22)15-8-6-10-17(14-15)25(23,24)19-2/h6,8,10,14,16,19H,3-5,7,9,11-13H2,1-2H3,(H,20,22)/t16-/m0/s1. The molecule has 0 unspecified atom stereocenters. The maximum absolute atomic E-state index is 12.2. The molecule has 7 heteroatoms. The number of hydrogen-bond acceptors (Lipinski definition) is 4. The van der Waals surface area contributed by atoms with Crippen molar-refractivity contribution in [1.82, 2.24) is 14.9 Å². The van der Waals surface area contributed by atoms with Crippen LogP contribution in [0.1, 0.15) is 49.4 Å². The molecule has 1 aliphatic heterocycles. The average Bonchev–Trinajstić information content (AvgIpc) is 2.65. The van der Waals surface area contributed by atoms with Crippen molar-refractivity contribution in [2.45, 2.75) is 50.0 Å². The monoisotopic (exact) mass is 367 g/mol. The number of rotatable bonds is 8. The first-order valence-electron chi connectivity index (χ1n) is 9.03. The molecule has 0 spiro atoms. The van der Waals surface area contributed by atoms with Crippen molar-refractivity contribution in [2.24, 2.45) is 0 Å². The van der Waals surface area contributed by atoms with E-state index in [1.165, 1.54) is 44.9 Å². The molecule has 1 heterocycles. The summed E-state index contributed by atoms with van der Waals surface area (Å²) in [6.45, 7) is 4.97. The second kappa shape index (κ2) is 9.31. The van der Waals surface area contributed by atoms with Crippen molar-refractivity contribution in [3.8, 4) is 0 Å². The number of carbonyl (C=O) groups excluding carboxylic acids is 1. The first kappa shape index (κ1) is 19.9. The second-order valence-electron chi connectivity index (χ2n) is 6.44. The fourth-order valence-corrected chi connectivity index (χ4v) is 4.10. The van der Waals surface area contributed by atoms with Gasteiger partial charge in [0.05, 0.1) is 4.90 Å². The molecule has 2 rings (SSSR count). The van der Waals surface area contributed by atoms with Gasteiger partial charge in [0.2, 0.25) is 10.0 Å². The molecule has 0 aromatic heterocycles. The molecule has 1 aromatic carbocycles. The van der Waals surface area contributed by atoms with Gasteiger partial charge in [-0.3, -0.25) is 4.79 Å². The number of amides is 1. The van der Waals surface area contributed by atoms with Gasteiger partial charge in [0, 0.05) is 24.7 Å². The highest BCUT2D eigenvalue weighted by Gasteiger charge is 2.20. The van der Waals surface area contributed by atoms with E-state index in [0.29, 0.717) is 18.2 Å². The molecule has 1 atom stereocenters. The molecule has 140 valence electrons. The Labute approximate surface area is 151 Å². The Morgan fingerprint density at radius 3 is 2.84 bits per heavy atom. The fourth-order valence-electron chi connectivity index (χ4n) is 3.33. The maximum atomic E-state index is 12.2. The van der Waals surface area contributed by atoms with E-state index in [1.54, 1.807) is 12.1 Å². The fraction of sp³-hybridized carbons (Fsp3) is 0.611. The number of nitrogens with one attached hydrogen (secondary N) is 2. The van der Waals surface area contributed by atoms with Crippen molar-refractivity contribution in [3.63, 3.8) is 0 Å². The molecule has 1 saturated heterocycles. The number of nitrogens with zero attached hydrogens (tertiary/aromatic N) is 1. The molecule has 2 N–H and O–H groups in total. The van der Waals surface area contributed by atoms with Crippen molar-refractivity contribution in [3.05, 3.63) is 29.8 Å². The average molecular weight is 368 g/mol. The van der Waals surface area contributed by atoms with E-state index in [2.05, 4.69) is 21.9 Å². The van der Waals surface area contributed by atoms with Crippen LogP contribution >= 0.6 is 0 Å². The highest BCUT2D eigenvalue weighted by Crippen LogP contribution is 2.19. The summed E-state index contributed by atoms with van der Waals surface area (Å²) in [4.78, 5) is 14.9. The predicted molar refractivity (Wildman–Crippen MR) is 99.1 cm³/mol. The Bertz CT molecular complexity index is 676. The van der Waals surface area contributed by atoms with Crippen LogP contribution in [0, 0.1) is 0 Å². The normalized spacial score (nSPS) is 18.9. The van der Waals surface area contributed by atoms with Crippen molar-refractivity contribution < 1.29 is 13.2 Å². The van der Waals surface area contributed by atoms with Crippen LogP contribution < -0.4 is 10.0 Å². The lowest BCUT2D eigenvalue weighted by Gasteiger charge is -2.35. The van der Waals surface area contributed by atoms with Gasteiger partial charge in [-0.05, 0) is 57.5 Å². The van der Waals surface area contributed by atoms with Crippen LogP contribution in [-0.2, 0) is 10.0 Å². The van der Waals surface area contributed by atoms with E-state index in [0.717, 1.165) is 19.5 Å². The second-order valence-corrected chi connectivity index (χ2v) is 8.33. The molecule has 1 aromatic rings. The number of carbonyl (C=O) groups is 1. The summed E-state index contributed by atoms with van der Waals surface area (Å²) >= 11 is 0. The maximum Gasteiger partial charge on any atom is 0.251 e. The van der Waals surface area contributed by atoms with Gasteiger partial charge in [-0.1, -0.05) is 19.4 Å². The number of sulfonamides is 1. The molecule has 0 bridgehead atoms. The minimum atomic E-state index is -3.54. The quantitative estimate of drug-likeness (QED) is 0.689. The van der Waals surface area contributed by atoms with Gasteiger partial charge in [-0.25, -0.2) is 13.1 Å². The Hall–Kier alpha value is -1.44. The smallest absolute Gasteiger partial charge is 0.251 e. The zero-order valence-electron chi connectivity index (χ0n) is 15.1. The van der Waals surface area contributed by atoms with Crippen LogP contribution in [0.3, 0.4) is 0 Å². The molecule has 0 saturated carbocycles. The Morgan fingerprint density at radius 1 is 1.32 bits per heavy atom. The van der Waals surface area contributed by atoms with Crippen LogP contribution in [0.5, 0.6) is 0 Å². The van der Waals surface area contributed by atoms with Gasteiger partial charge >= 0.3 is 0 Å². The molecule has 1 aliphatic rings. The Balaban J connectivity index is 1.83. The molecular formula is C18H29N3O3S. The summed E-state index contributed by atoms with van der Waals surface area (Å²) in [6.07, 6.45) is 5.93. The minimum absolute atomic E-state index is 0.0988. The first-order valence-corrected chi connectivity index (χ1v) is 10.5. The zero-order chi connectivity index (χ0) is 18.3. The highest BCUT2D eigenvalue weighted by atomic mass is 32.2. The third-order valence-electron chi connectivity index (χ3n) is 4.80. The topological polar surface area (TPSA) is 78.5 Å². The van der Waals surface area contributed by atoms with Crippen LogP contribution in [0.2, 0.25) is 0 Å². The van der Waals surface area contributed by atoms with E-state index in [1.807, 2.05) is 0 Å². The summed E-state index contributed by atoms with van der Waals surface area (Å²) in [5, 5.41) is 2.89. The van der Waals surface area contributed by atoms with E-state index in [-0.39, 0.29) is 10.8 Å². The SMILES string of the molecule is CC[C@H]1CCCCN1CCCNC(=O)c1cccc(S(=O)(=O)NC)c1. The summed E-state index contributed by atoms with van der Waals surface area (Å²) in [6, 6.07) is 6.76. The van der Waals surface area contributed by atoms with Gasteiger partial charge in [-0.2, -0.15) is 0 Å². The van der Waals surface area contributed by atoms with E-state index >= 15 is 0 Å². The van der Waals surface area contributed by atoms with Crippen LogP contribution in [-0.4, -0.2) is 51.9 Å². The van der Waals surface area contributed by atoms with Crippen LogP contribution in [0.4, 0.5) is 0 Å². The molecule has 0 radical (unpaired) electrons. The summed E-state index contributed by atoms with van der Waals surface area (Å²) in [5.74, 6) is -0.237.